The van der Waals surface area contributed by atoms with Crippen LogP contribution in [0.25, 0.3) is 0 Å². The van der Waals surface area contributed by atoms with Gasteiger partial charge in [-0.2, -0.15) is 0 Å². The second kappa shape index (κ2) is 4.79. The van der Waals surface area contributed by atoms with Gasteiger partial charge in [-0.25, -0.2) is 0 Å². The summed E-state index contributed by atoms with van der Waals surface area (Å²) >= 11 is 0. The van der Waals surface area contributed by atoms with E-state index in [1.807, 2.05) is 0 Å². The molecule has 1 aromatic rings. The number of nitrogens with one attached hydrogen (secondary N) is 1. The molecule has 3 atom stereocenters. The fraction of sp³-hybridized carbons (Fsp3) is 0.600. The Morgan fingerprint density at radius 2 is 1.90 bits per heavy atom. The predicted octanol–water partition coefficient (Wildman–Crippen LogP) is 4.24. The minimum absolute atomic E-state index is 0.0885. The van der Waals surface area contributed by atoms with Crippen molar-refractivity contribution in [3.8, 4) is 11.5 Å². The lowest BCUT2D eigenvalue weighted by molar-refractivity contribution is -0.286. The molecule has 1 aliphatic carbocycles. The molecule has 1 heterocycles. The van der Waals surface area contributed by atoms with E-state index in [4.69, 9.17) is 0 Å². The monoisotopic (exact) mass is 283 g/mol. The van der Waals surface area contributed by atoms with Crippen molar-refractivity contribution in [1.82, 2.24) is 0 Å². The molecular formula is C15H19F2NO2. The zero-order valence-corrected chi connectivity index (χ0v) is 11.7. The minimum atomic E-state index is -3.55. The van der Waals surface area contributed by atoms with Crippen molar-refractivity contribution in [3.05, 3.63) is 18.2 Å². The molecule has 3 unspecified atom stereocenters. The average molecular weight is 283 g/mol. The molecule has 5 heteroatoms. The maximum atomic E-state index is 13.0. The number of fused-ring (bicyclic) bond motifs is 1. The van der Waals surface area contributed by atoms with Crippen molar-refractivity contribution in [3.63, 3.8) is 0 Å². The van der Waals surface area contributed by atoms with Crippen LogP contribution in [0.4, 0.5) is 14.5 Å². The molecule has 1 saturated carbocycles. The lowest BCUT2D eigenvalue weighted by Crippen LogP contribution is -2.33. The van der Waals surface area contributed by atoms with Crippen molar-refractivity contribution in [2.24, 2.45) is 11.8 Å². The molecule has 0 saturated heterocycles. The summed E-state index contributed by atoms with van der Waals surface area (Å²) in [6.45, 7) is 4.48. The van der Waals surface area contributed by atoms with E-state index in [9.17, 15) is 8.78 Å². The van der Waals surface area contributed by atoms with Crippen LogP contribution in [0.15, 0.2) is 18.2 Å². The molecule has 1 aliphatic heterocycles. The van der Waals surface area contributed by atoms with Crippen molar-refractivity contribution in [2.45, 2.75) is 45.4 Å². The first-order valence-corrected chi connectivity index (χ1v) is 7.09. The number of hydrogen-bond donors (Lipinski definition) is 1. The van der Waals surface area contributed by atoms with E-state index in [0.29, 0.717) is 17.9 Å². The molecule has 0 aromatic heterocycles. The molecule has 0 bridgehead atoms. The van der Waals surface area contributed by atoms with Crippen LogP contribution in [0.5, 0.6) is 11.5 Å². The first-order valence-electron chi connectivity index (χ1n) is 7.09. The molecule has 1 aromatic carbocycles. The van der Waals surface area contributed by atoms with Gasteiger partial charge in [0.05, 0.1) is 0 Å². The molecular weight excluding hydrogens is 264 g/mol. The second-order valence-electron chi connectivity index (χ2n) is 5.98. The van der Waals surface area contributed by atoms with Crippen LogP contribution in [-0.2, 0) is 0 Å². The summed E-state index contributed by atoms with van der Waals surface area (Å²) in [6.07, 6.45) is 0.00747. The Morgan fingerprint density at radius 3 is 2.70 bits per heavy atom. The Morgan fingerprint density at radius 1 is 1.15 bits per heavy atom. The van der Waals surface area contributed by atoms with E-state index < -0.39 is 6.29 Å². The van der Waals surface area contributed by atoms with Gasteiger partial charge in [-0.05, 0) is 36.8 Å². The highest BCUT2D eigenvalue weighted by molar-refractivity contribution is 5.56. The Kier molecular flexibility index (Phi) is 3.22. The van der Waals surface area contributed by atoms with Gasteiger partial charge in [0, 0.05) is 17.8 Å². The van der Waals surface area contributed by atoms with Crippen LogP contribution < -0.4 is 14.8 Å². The average Bonchev–Trinajstić information content (AvgIpc) is 2.67. The number of ether oxygens (including phenoxy) is 2. The largest absolute Gasteiger partial charge is 0.586 e. The molecule has 0 spiro atoms. The van der Waals surface area contributed by atoms with E-state index in [1.165, 1.54) is 18.9 Å². The van der Waals surface area contributed by atoms with E-state index in [0.717, 1.165) is 12.1 Å². The van der Waals surface area contributed by atoms with Crippen molar-refractivity contribution in [1.29, 1.82) is 0 Å². The number of rotatable bonds is 2. The topological polar surface area (TPSA) is 30.5 Å². The third-order valence-corrected chi connectivity index (χ3v) is 4.21. The highest BCUT2D eigenvalue weighted by atomic mass is 19.3. The molecule has 20 heavy (non-hydrogen) atoms. The quantitative estimate of drug-likeness (QED) is 0.880. The second-order valence-corrected chi connectivity index (χ2v) is 5.98. The molecule has 3 nitrogen and oxygen atoms in total. The first kappa shape index (κ1) is 13.5. The van der Waals surface area contributed by atoms with Crippen molar-refractivity contribution >= 4 is 5.69 Å². The van der Waals surface area contributed by atoms with Gasteiger partial charge in [0.15, 0.2) is 11.5 Å². The van der Waals surface area contributed by atoms with Gasteiger partial charge in [0.25, 0.3) is 0 Å². The first-order chi connectivity index (χ1) is 9.43. The number of alkyl halides is 2. The molecule has 0 radical (unpaired) electrons. The molecule has 3 rings (SSSR count). The van der Waals surface area contributed by atoms with E-state index in [1.54, 1.807) is 12.1 Å². The van der Waals surface area contributed by atoms with Gasteiger partial charge in [-0.3, -0.25) is 0 Å². The Labute approximate surface area is 117 Å². The minimum Gasteiger partial charge on any atom is -0.395 e. The van der Waals surface area contributed by atoms with Gasteiger partial charge in [-0.15, -0.1) is 8.78 Å². The van der Waals surface area contributed by atoms with Crippen LogP contribution in [0, 0.1) is 11.8 Å². The predicted molar refractivity (Wildman–Crippen MR) is 72.2 cm³/mol. The fourth-order valence-corrected chi connectivity index (χ4v) is 2.99. The molecule has 1 fully saturated rings. The Balaban J connectivity index is 1.73. The smallest absolute Gasteiger partial charge is 0.395 e. The van der Waals surface area contributed by atoms with Crippen molar-refractivity contribution in [2.75, 3.05) is 5.32 Å². The normalized spacial score (nSPS) is 31.1. The van der Waals surface area contributed by atoms with Crippen LogP contribution in [0.3, 0.4) is 0 Å². The van der Waals surface area contributed by atoms with E-state index >= 15 is 0 Å². The Bertz CT molecular complexity index is 507. The molecule has 2 aliphatic rings. The van der Waals surface area contributed by atoms with E-state index in [2.05, 4.69) is 28.6 Å². The van der Waals surface area contributed by atoms with Crippen molar-refractivity contribution < 1.29 is 18.3 Å². The maximum absolute atomic E-state index is 13.0. The molecule has 1 N–H and O–H groups in total. The summed E-state index contributed by atoms with van der Waals surface area (Å²) in [4.78, 5) is 0. The third kappa shape index (κ3) is 2.67. The number of halogens is 2. The lowest BCUT2D eigenvalue weighted by atomic mass is 9.80. The summed E-state index contributed by atoms with van der Waals surface area (Å²) in [5.41, 5.74) is 0.802. The molecule has 110 valence electrons. The number of anilines is 1. The fourth-order valence-electron chi connectivity index (χ4n) is 2.99. The molecule has 0 amide bonds. The van der Waals surface area contributed by atoms with Crippen LogP contribution in [-0.4, -0.2) is 12.3 Å². The summed E-state index contributed by atoms with van der Waals surface area (Å²) in [5.74, 6) is 1.46. The highest BCUT2D eigenvalue weighted by Crippen LogP contribution is 2.42. The number of benzene rings is 1. The van der Waals surface area contributed by atoms with Crippen LogP contribution >= 0.6 is 0 Å². The zero-order chi connectivity index (χ0) is 14.3. The Hall–Kier alpha value is -1.52. The maximum Gasteiger partial charge on any atom is 0.586 e. The summed E-state index contributed by atoms with van der Waals surface area (Å²) in [5, 5.41) is 3.44. The zero-order valence-electron chi connectivity index (χ0n) is 11.7. The van der Waals surface area contributed by atoms with Gasteiger partial charge < -0.3 is 14.8 Å². The highest BCUT2D eigenvalue weighted by Gasteiger charge is 2.43. The van der Waals surface area contributed by atoms with Crippen LogP contribution in [0.2, 0.25) is 0 Å². The summed E-state index contributed by atoms with van der Waals surface area (Å²) in [6, 6.07) is 5.24. The third-order valence-electron chi connectivity index (χ3n) is 4.21. The van der Waals surface area contributed by atoms with Gasteiger partial charge in [-0.1, -0.05) is 20.3 Å². The van der Waals surface area contributed by atoms with Gasteiger partial charge >= 0.3 is 6.29 Å². The summed E-state index contributed by atoms with van der Waals surface area (Å²) in [7, 11) is 0. The summed E-state index contributed by atoms with van der Waals surface area (Å²) < 4.78 is 34.8. The number of hydrogen-bond acceptors (Lipinski definition) is 3. The lowest BCUT2D eigenvalue weighted by Gasteiger charge is -2.34. The van der Waals surface area contributed by atoms with E-state index in [-0.39, 0.29) is 11.5 Å². The van der Waals surface area contributed by atoms with Gasteiger partial charge in [0.1, 0.15) is 0 Å². The standard InChI is InChI=1S/C15H19F2NO2/c1-9-3-4-10(2)12(7-9)18-11-5-6-13-14(8-11)20-15(16,17)19-13/h5-6,8-10,12,18H,3-4,7H2,1-2H3. The van der Waals surface area contributed by atoms with Crippen LogP contribution in [0.1, 0.15) is 33.1 Å². The SMILES string of the molecule is CC1CCC(C)C(Nc2ccc3c(c2)OC(F)(F)O3)C1. The van der Waals surface area contributed by atoms with Gasteiger partial charge in [0.2, 0.25) is 0 Å².